The fourth-order valence-corrected chi connectivity index (χ4v) is 4.46. The molecule has 2 N–H and O–H groups in total. The zero-order valence-corrected chi connectivity index (χ0v) is 21.7. The summed E-state index contributed by atoms with van der Waals surface area (Å²) >= 11 is 12.5. The summed E-state index contributed by atoms with van der Waals surface area (Å²) < 4.78 is 12.3. The molecule has 0 unspecified atom stereocenters. The number of hydrogen-bond donors (Lipinski definition) is 2. The van der Waals surface area contributed by atoms with Crippen LogP contribution in [0.4, 0.5) is 0 Å². The van der Waals surface area contributed by atoms with Gasteiger partial charge in [-0.15, -0.1) is 0 Å². The molecule has 0 amide bonds. The highest BCUT2D eigenvalue weighted by Gasteiger charge is 2.53. The number of rotatable bonds is 9. The number of aromatic carboxylic acids is 2. The number of carbonyl (C=O) groups is 2. The van der Waals surface area contributed by atoms with Crippen molar-refractivity contribution >= 4 is 47.7 Å². The van der Waals surface area contributed by atoms with Crippen LogP contribution in [-0.4, -0.2) is 40.5 Å². The van der Waals surface area contributed by atoms with Crippen molar-refractivity contribution < 1.29 is 29.1 Å². The van der Waals surface area contributed by atoms with Crippen molar-refractivity contribution in [3.05, 3.63) is 74.8 Å². The van der Waals surface area contributed by atoms with Crippen LogP contribution in [0.3, 0.4) is 0 Å². The van der Waals surface area contributed by atoms with E-state index < -0.39 is 30.3 Å². The summed E-state index contributed by atoms with van der Waals surface area (Å²) in [6, 6.07) is 7.81. The van der Waals surface area contributed by atoms with E-state index in [1.54, 1.807) is 18.2 Å². The number of carboxylic acids is 2. The van der Waals surface area contributed by atoms with Gasteiger partial charge in [-0.2, -0.15) is 0 Å². The second-order valence-corrected chi connectivity index (χ2v) is 10.4. The summed E-state index contributed by atoms with van der Waals surface area (Å²) in [5, 5.41) is 20.0. The van der Waals surface area contributed by atoms with Gasteiger partial charge in [-0.25, -0.2) is 9.59 Å². The standard InChI is InChI=1S/C26H29BCl2O6/c1-25(2)26(3,4)35-27(34-25)22-19(20(24(32)33)13-14-21(22)29)10-8-6-5-7-9-16-15-17(28)11-12-18(16)23(30)31/h5-6,11-15H,7-10H2,1-4H3,(H,30,31)(H,32,33)/b6-5+. The predicted octanol–water partition coefficient (Wildman–Crippen LogP) is 5.81. The quantitative estimate of drug-likeness (QED) is 0.321. The molecule has 2 aromatic carbocycles. The van der Waals surface area contributed by atoms with Crippen LogP contribution in [0.2, 0.25) is 10.0 Å². The lowest BCUT2D eigenvalue weighted by molar-refractivity contribution is 0.00578. The van der Waals surface area contributed by atoms with Gasteiger partial charge in [0.1, 0.15) is 0 Å². The van der Waals surface area contributed by atoms with Gasteiger partial charge in [0.15, 0.2) is 0 Å². The Kier molecular flexibility index (Phi) is 8.38. The first-order chi connectivity index (χ1) is 16.3. The molecule has 9 heteroatoms. The van der Waals surface area contributed by atoms with Crippen molar-refractivity contribution in [2.75, 3.05) is 0 Å². The maximum Gasteiger partial charge on any atom is 0.496 e. The molecule has 186 valence electrons. The van der Waals surface area contributed by atoms with E-state index in [0.29, 0.717) is 52.3 Å². The van der Waals surface area contributed by atoms with Crippen molar-refractivity contribution in [3.63, 3.8) is 0 Å². The Morgan fingerprint density at radius 2 is 1.43 bits per heavy atom. The summed E-state index contributed by atoms with van der Waals surface area (Å²) in [4.78, 5) is 23.4. The van der Waals surface area contributed by atoms with Gasteiger partial charge in [-0.3, -0.25) is 0 Å². The first kappa shape index (κ1) is 27.3. The fraction of sp³-hybridized carbons (Fsp3) is 0.385. The van der Waals surface area contributed by atoms with Gasteiger partial charge in [0.2, 0.25) is 0 Å². The van der Waals surface area contributed by atoms with E-state index in [1.165, 1.54) is 12.1 Å². The van der Waals surface area contributed by atoms with Crippen LogP contribution in [0.25, 0.3) is 0 Å². The van der Waals surface area contributed by atoms with Crippen LogP contribution in [0.1, 0.15) is 72.4 Å². The molecule has 1 saturated heterocycles. The third-order valence-corrected chi connectivity index (χ3v) is 7.19. The van der Waals surface area contributed by atoms with E-state index in [9.17, 15) is 19.8 Å². The van der Waals surface area contributed by atoms with Crippen molar-refractivity contribution in [3.8, 4) is 0 Å². The summed E-state index contributed by atoms with van der Waals surface area (Å²) in [5.74, 6) is -2.03. The lowest BCUT2D eigenvalue weighted by atomic mass is 9.73. The monoisotopic (exact) mass is 518 g/mol. The Balaban J connectivity index is 1.75. The van der Waals surface area contributed by atoms with Crippen LogP contribution in [0, 0.1) is 0 Å². The van der Waals surface area contributed by atoms with Gasteiger partial charge < -0.3 is 19.5 Å². The predicted molar refractivity (Wildman–Crippen MR) is 138 cm³/mol. The molecule has 0 aromatic heterocycles. The molecule has 0 bridgehead atoms. The number of aryl methyl sites for hydroxylation is 1. The average molecular weight is 519 g/mol. The lowest BCUT2D eigenvalue weighted by Gasteiger charge is -2.32. The summed E-state index contributed by atoms with van der Waals surface area (Å²) in [6.45, 7) is 7.72. The van der Waals surface area contributed by atoms with Gasteiger partial charge in [-0.1, -0.05) is 35.4 Å². The zero-order valence-electron chi connectivity index (χ0n) is 20.2. The van der Waals surface area contributed by atoms with Crippen LogP contribution < -0.4 is 5.46 Å². The summed E-state index contributed by atoms with van der Waals surface area (Å²) in [6.07, 6.45) is 6.03. The Hall–Kier alpha value is -2.32. The molecule has 0 aliphatic carbocycles. The molecular weight excluding hydrogens is 490 g/mol. The van der Waals surface area contributed by atoms with Crippen molar-refractivity contribution in [1.82, 2.24) is 0 Å². The first-order valence-corrected chi connectivity index (χ1v) is 12.2. The van der Waals surface area contributed by atoms with Crippen LogP contribution in [0.5, 0.6) is 0 Å². The number of allylic oxidation sites excluding steroid dienone is 2. The topological polar surface area (TPSA) is 93.1 Å². The molecule has 0 radical (unpaired) electrons. The van der Waals surface area contributed by atoms with Gasteiger partial charge >= 0.3 is 19.1 Å². The van der Waals surface area contributed by atoms with E-state index in [2.05, 4.69) is 0 Å². The number of halogens is 2. The van der Waals surface area contributed by atoms with E-state index in [4.69, 9.17) is 32.5 Å². The molecule has 1 aliphatic heterocycles. The molecule has 3 rings (SSSR count). The van der Waals surface area contributed by atoms with Gasteiger partial charge in [0.25, 0.3) is 0 Å². The van der Waals surface area contributed by atoms with E-state index in [-0.39, 0.29) is 11.1 Å². The minimum Gasteiger partial charge on any atom is -0.478 e. The van der Waals surface area contributed by atoms with Gasteiger partial charge in [-0.05, 0) is 94.8 Å². The minimum atomic E-state index is -1.04. The molecule has 6 nitrogen and oxygen atoms in total. The molecule has 35 heavy (non-hydrogen) atoms. The Morgan fingerprint density at radius 3 is 2.00 bits per heavy atom. The lowest BCUT2D eigenvalue weighted by Crippen LogP contribution is -2.41. The maximum absolute atomic E-state index is 12.0. The Morgan fingerprint density at radius 1 is 0.886 bits per heavy atom. The normalized spacial score (nSPS) is 16.7. The SMILES string of the molecule is CC1(C)OB(c2c(Cl)ccc(C(=O)O)c2CC/C=C/CCc2cc(Cl)ccc2C(=O)O)OC1(C)C. The van der Waals surface area contributed by atoms with E-state index >= 15 is 0 Å². The summed E-state index contributed by atoms with van der Waals surface area (Å²) in [7, 11) is -0.775. The molecule has 0 atom stereocenters. The van der Waals surface area contributed by atoms with Crippen molar-refractivity contribution in [1.29, 1.82) is 0 Å². The van der Waals surface area contributed by atoms with Crippen molar-refractivity contribution in [2.24, 2.45) is 0 Å². The Labute approximate surface area is 216 Å². The number of carboxylic acid groups (broad SMARTS) is 2. The third-order valence-electron chi connectivity index (χ3n) is 6.63. The first-order valence-electron chi connectivity index (χ1n) is 11.4. The Bertz CT molecular complexity index is 1140. The highest BCUT2D eigenvalue weighted by atomic mass is 35.5. The van der Waals surface area contributed by atoms with Crippen LogP contribution >= 0.6 is 23.2 Å². The van der Waals surface area contributed by atoms with Crippen LogP contribution in [0.15, 0.2) is 42.5 Å². The third kappa shape index (κ3) is 6.09. The largest absolute Gasteiger partial charge is 0.496 e. The smallest absolute Gasteiger partial charge is 0.478 e. The minimum absolute atomic E-state index is 0.164. The molecule has 0 saturated carbocycles. The van der Waals surface area contributed by atoms with Gasteiger partial charge in [0, 0.05) is 15.5 Å². The zero-order chi connectivity index (χ0) is 26.0. The average Bonchev–Trinajstić information content (AvgIpc) is 2.96. The highest BCUT2D eigenvalue weighted by molar-refractivity contribution is 6.66. The molecule has 1 fully saturated rings. The van der Waals surface area contributed by atoms with Crippen molar-refractivity contribution in [2.45, 2.75) is 64.6 Å². The number of benzene rings is 2. The van der Waals surface area contributed by atoms with Crippen LogP contribution in [-0.2, 0) is 22.2 Å². The highest BCUT2D eigenvalue weighted by Crippen LogP contribution is 2.37. The molecule has 2 aromatic rings. The van der Waals surface area contributed by atoms with E-state index in [0.717, 1.165) is 0 Å². The maximum atomic E-state index is 12.0. The molecule has 1 heterocycles. The molecule has 1 aliphatic rings. The molecular formula is C26H29BCl2O6. The second-order valence-electron chi connectivity index (χ2n) is 9.54. The van der Waals surface area contributed by atoms with Gasteiger partial charge in [0.05, 0.1) is 22.3 Å². The number of hydrogen-bond acceptors (Lipinski definition) is 4. The fourth-order valence-electron chi connectivity index (χ4n) is 4.00. The summed E-state index contributed by atoms with van der Waals surface area (Å²) in [5.41, 5.74) is 1.01. The second kappa shape index (κ2) is 10.7. The molecule has 0 spiro atoms. The van der Waals surface area contributed by atoms with E-state index in [1.807, 2.05) is 39.8 Å².